The van der Waals surface area contributed by atoms with Crippen LogP contribution in [0.1, 0.15) is 0 Å². The lowest BCUT2D eigenvalue weighted by molar-refractivity contribution is -0.118. The van der Waals surface area contributed by atoms with Gasteiger partial charge in [-0.3, -0.25) is 9.79 Å². The first-order valence-corrected chi connectivity index (χ1v) is 4.11. The second-order valence-corrected chi connectivity index (χ2v) is 2.89. The molecule has 0 spiro atoms. The van der Waals surface area contributed by atoms with Gasteiger partial charge >= 0.3 is 0 Å². The highest BCUT2D eigenvalue weighted by Crippen LogP contribution is 2.01. The molecule has 0 aromatic rings. The quantitative estimate of drug-likeness (QED) is 0.374. The highest BCUT2D eigenvalue weighted by Gasteiger charge is 2.31. The van der Waals surface area contributed by atoms with E-state index < -0.39 is 37.0 Å². The second kappa shape index (κ2) is 6.08. The normalized spacial score (nSPS) is 12.1. The minimum absolute atomic E-state index is 0.394. The number of rotatable bonds is 5. The number of aliphatic hydroxyl groups is 3. The van der Waals surface area contributed by atoms with Crippen molar-refractivity contribution in [2.45, 2.75) is 5.54 Å². The van der Waals surface area contributed by atoms with E-state index >= 15 is 0 Å². The second-order valence-electron chi connectivity index (χ2n) is 2.89. The molecule has 0 aliphatic carbocycles. The summed E-state index contributed by atoms with van der Waals surface area (Å²) in [5, 5.41) is 37.3. The van der Waals surface area contributed by atoms with Crippen LogP contribution < -0.4 is 5.32 Å². The standard InChI is InChI=1S/C8H13N3O4/c1-10-6(2-9)7(15)11-8(3-12,4-13)5-14/h12-14H,3-5H2,1H3,(H,11,15). The van der Waals surface area contributed by atoms with Crippen LogP contribution in [0.4, 0.5) is 0 Å². The zero-order chi connectivity index (χ0) is 11.9. The molecule has 0 rings (SSSR count). The molecule has 7 nitrogen and oxygen atoms in total. The largest absolute Gasteiger partial charge is 0.394 e. The van der Waals surface area contributed by atoms with Crippen molar-refractivity contribution in [1.29, 1.82) is 5.26 Å². The van der Waals surface area contributed by atoms with Crippen LogP contribution in [0.3, 0.4) is 0 Å². The van der Waals surface area contributed by atoms with E-state index in [0.29, 0.717) is 0 Å². The van der Waals surface area contributed by atoms with Gasteiger partial charge in [-0.15, -0.1) is 0 Å². The topological polar surface area (TPSA) is 126 Å². The molecule has 0 heterocycles. The summed E-state index contributed by atoms with van der Waals surface area (Å²) in [4.78, 5) is 14.7. The predicted octanol–water partition coefficient (Wildman–Crippen LogP) is -2.59. The zero-order valence-electron chi connectivity index (χ0n) is 8.27. The fraction of sp³-hybridized carbons (Fsp3) is 0.625. The molecule has 0 radical (unpaired) electrons. The number of carbonyl (C=O) groups is 1. The van der Waals surface area contributed by atoms with Crippen LogP contribution in [0.5, 0.6) is 0 Å². The maximum Gasteiger partial charge on any atom is 0.281 e. The molecular weight excluding hydrogens is 202 g/mol. The molecule has 0 fully saturated rings. The molecule has 4 N–H and O–H groups in total. The molecule has 0 aromatic heterocycles. The molecule has 0 unspecified atom stereocenters. The fourth-order valence-corrected chi connectivity index (χ4v) is 0.771. The average Bonchev–Trinajstić information content (AvgIpc) is 2.28. The Hall–Kier alpha value is -1.49. The van der Waals surface area contributed by atoms with Gasteiger partial charge < -0.3 is 20.6 Å². The van der Waals surface area contributed by atoms with Crippen LogP contribution in [0.2, 0.25) is 0 Å². The third kappa shape index (κ3) is 3.28. The Bertz CT molecular complexity index is 282. The smallest absolute Gasteiger partial charge is 0.281 e. The summed E-state index contributed by atoms with van der Waals surface area (Å²) in [7, 11) is 1.26. The minimum Gasteiger partial charge on any atom is -0.394 e. The van der Waals surface area contributed by atoms with Gasteiger partial charge in [-0.05, 0) is 0 Å². The van der Waals surface area contributed by atoms with E-state index in [1.807, 2.05) is 0 Å². The number of amides is 1. The molecule has 15 heavy (non-hydrogen) atoms. The molecule has 0 saturated heterocycles. The predicted molar refractivity (Wildman–Crippen MR) is 51.1 cm³/mol. The first kappa shape index (κ1) is 13.5. The van der Waals surface area contributed by atoms with Crippen molar-refractivity contribution in [2.75, 3.05) is 26.9 Å². The van der Waals surface area contributed by atoms with Crippen molar-refractivity contribution < 1.29 is 20.1 Å². The van der Waals surface area contributed by atoms with Gasteiger partial charge in [0.25, 0.3) is 5.91 Å². The van der Waals surface area contributed by atoms with Gasteiger partial charge in [0.2, 0.25) is 0 Å². The number of carbonyl (C=O) groups excluding carboxylic acids is 1. The third-order valence-electron chi connectivity index (χ3n) is 1.83. The van der Waals surface area contributed by atoms with Crippen molar-refractivity contribution in [3.05, 3.63) is 0 Å². The van der Waals surface area contributed by atoms with Crippen LogP contribution >= 0.6 is 0 Å². The Kier molecular flexibility index (Phi) is 5.48. The lowest BCUT2D eigenvalue weighted by Gasteiger charge is -2.28. The molecule has 1 amide bonds. The van der Waals surface area contributed by atoms with Crippen LogP contribution in [0, 0.1) is 11.3 Å². The van der Waals surface area contributed by atoms with Crippen molar-refractivity contribution in [2.24, 2.45) is 4.99 Å². The molecule has 0 atom stereocenters. The number of aliphatic hydroxyl groups excluding tert-OH is 3. The summed E-state index contributed by atoms with van der Waals surface area (Å²) < 4.78 is 0. The first-order valence-electron chi connectivity index (χ1n) is 4.11. The summed E-state index contributed by atoms with van der Waals surface area (Å²) in [6.45, 7) is -1.93. The zero-order valence-corrected chi connectivity index (χ0v) is 8.27. The van der Waals surface area contributed by atoms with E-state index in [2.05, 4.69) is 10.3 Å². The third-order valence-corrected chi connectivity index (χ3v) is 1.83. The van der Waals surface area contributed by atoms with E-state index in [0.717, 1.165) is 0 Å². The number of nitrogens with zero attached hydrogens (tertiary/aromatic N) is 2. The number of hydrogen-bond acceptors (Lipinski definition) is 6. The number of aliphatic imine (C=N–C) groups is 1. The Morgan fingerprint density at radius 1 is 1.40 bits per heavy atom. The maximum absolute atomic E-state index is 11.3. The highest BCUT2D eigenvalue weighted by molar-refractivity contribution is 6.45. The van der Waals surface area contributed by atoms with Gasteiger partial charge in [0, 0.05) is 7.05 Å². The summed E-state index contributed by atoms with van der Waals surface area (Å²) >= 11 is 0. The van der Waals surface area contributed by atoms with Gasteiger partial charge in [-0.25, -0.2) is 0 Å². The Morgan fingerprint density at radius 2 is 1.87 bits per heavy atom. The molecule has 0 saturated carbocycles. The molecular formula is C8H13N3O4. The van der Waals surface area contributed by atoms with E-state index in [1.165, 1.54) is 13.1 Å². The summed E-state index contributed by atoms with van der Waals surface area (Å²) in [6, 6.07) is 1.54. The minimum atomic E-state index is -1.54. The van der Waals surface area contributed by atoms with Crippen molar-refractivity contribution in [3.8, 4) is 6.07 Å². The monoisotopic (exact) mass is 215 g/mol. The Balaban J connectivity index is 4.71. The highest BCUT2D eigenvalue weighted by atomic mass is 16.3. The number of hydrogen-bond donors (Lipinski definition) is 4. The van der Waals surface area contributed by atoms with Gasteiger partial charge in [0.05, 0.1) is 19.8 Å². The van der Waals surface area contributed by atoms with Gasteiger partial charge in [0.1, 0.15) is 11.6 Å². The fourth-order valence-electron chi connectivity index (χ4n) is 0.771. The van der Waals surface area contributed by atoms with Crippen LogP contribution in [-0.4, -0.2) is 59.3 Å². The molecule has 0 bridgehead atoms. The van der Waals surface area contributed by atoms with Crippen molar-refractivity contribution in [3.63, 3.8) is 0 Å². The summed E-state index contributed by atoms with van der Waals surface area (Å²) in [5.41, 5.74) is -1.93. The molecule has 0 aliphatic heterocycles. The Labute approximate surface area is 86.7 Å². The van der Waals surface area contributed by atoms with Crippen LogP contribution in [-0.2, 0) is 4.79 Å². The maximum atomic E-state index is 11.3. The summed E-state index contributed by atoms with van der Waals surface area (Å²) in [5.74, 6) is -0.850. The van der Waals surface area contributed by atoms with Gasteiger partial charge in [-0.1, -0.05) is 0 Å². The number of nitriles is 1. The SMILES string of the molecule is CN=C(C#N)C(=O)NC(CO)(CO)CO. The van der Waals surface area contributed by atoms with E-state index in [4.69, 9.17) is 20.6 Å². The van der Waals surface area contributed by atoms with E-state index in [1.54, 1.807) is 0 Å². The van der Waals surface area contributed by atoms with Gasteiger partial charge in [0.15, 0.2) is 5.71 Å². The van der Waals surface area contributed by atoms with Gasteiger partial charge in [-0.2, -0.15) is 5.26 Å². The van der Waals surface area contributed by atoms with E-state index in [9.17, 15) is 4.79 Å². The van der Waals surface area contributed by atoms with Crippen molar-refractivity contribution >= 4 is 11.6 Å². The average molecular weight is 215 g/mol. The first-order chi connectivity index (χ1) is 7.09. The lowest BCUT2D eigenvalue weighted by atomic mass is 10.0. The van der Waals surface area contributed by atoms with Crippen LogP contribution in [0.15, 0.2) is 4.99 Å². The Morgan fingerprint density at radius 3 is 2.13 bits per heavy atom. The van der Waals surface area contributed by atoms with E-state index in [-0.39, 0.29) is 0 Å². The molecule has 84 valence electrons. The molecule has 7 heteroatoms. The van der Waals surface area contributed by atoms with Crippen molar-refractivity contribution in [1.82, 2.24) is 5.32 Å². The van der Waals surface area contributed by atoms with Crippen LogP contribution in [0.25, 0.3) is 0 Å². The summed E-state index contributed by atoms with van der Waals surface area (Å²) in [6.07, 6.45) is 0. The lowest BCUT2D eigenvalue weighted by Crippen LogP contribution is -2.58. The molecule has 0 aliphatic rings. The number of nitrogens with one attached hydrogen (secondary N) is 1. The molecule has 0 aromatic carbocycles.